The number of aliphatic carboxylic acids is 1. The summed E-state index contributed by atoms with van der Waals surface area (Å²) >= 11 is 0. The summed E-state index contributed by atoms with van der Waals surface area (Å²) < 4.78 is 0. The van der Waals surface area contributed by atoms with Crippen molar-refractivity contribution in [3.05, 3.63) is 36.0 Å². The van der Waals surface area contributed by atoms with Gasteiger partial charge in [-0.1, -0.05) is 32.0 Å². The van der Waals surface area contributed by atoms with Gasteiger partial charge in [-0.15, -0.1) is 0 Å². The molecule has 0 aliphatic carbocycles. The lowest BCUT2D eigenvalue weighted by molar-refractivity contribution is -0.142. The van der Waals surface area contributed by atoms with Crippen LogP contribution in [0.15, 0.2) is 30.5 Å². The average Bonchev–Trinajstić information content (AvgIpc) is 2.89. The molecule has 0 aliphatic heterocycles. The van der Waals surface area contributed by atoms with E-state index in [1.807, 2.05) is 38.2 Å². The Kier molecular flexibility index (Phi) is 5.79. The quantitative estimate of drug-likeness (QED) is 0.700. The lowest BCUT2D eigenvalue weighted by Crippen LogP contribution is -2.41. The fraction of sp³-hybridized carbons (Fsp3) is 0.444. The summed E-state index contributed by atoms with van der Waals surface area (Å²) in [5, 5.41) is 12.9. The van der Waals surface area contributed by atoms with Crippen molar-refractivity contribution in [1.82, 2.24) is 10.3 Å². The summed E-state index contributed by atoms with van der Waals surface area (Å²) in [4.78, 5) is 26.3. The molecule has 0 saturated heterocycles. The molecule has 2 aromatic rings. The summed E-state index contributed by atoms with van der Waals surface area (Å²) in [6.07, 6.45) is 4.24. The highest BCUT2D eigenvalue weighted by molar-refractivity contribution is 5.84. The highest BCUT2D eigenvalue weighted by atomic mass is 16.4. The van der Waals surface area contributed by atoms with Gasteiger partial charge < -0.3 is 15.4 Å². The van der Waals surface area contributed by atoms with Gasteiger partial charge in [-0.25, -0.2) is 4.79 Å². The normalized spacial score (nSPS) is 12.5. The third kappa shape index (κ3) is 4.84. The van der Waals surface area contributed by atoms with E-state index in [9.17, 15) is 9.59 Å². The molecular formula is C18H24N2O3. The van der Waals surface area contributed by atoms with Crippen LogP contribution in [0, 0.1) is 5.92 Å². The van der Waals surface area contributed by atoms with Gasteiger partial charge in [0.1, 0.15) is 6.04 Å². The summed E-state index contributed by atoms with van der Waals surface area (Å²) in [5.74, 6) is -0.941. The Labute approximate surface area is 136 Å². The minimum absolute atomic E-state index is 0.196. The molecule has 2 rings (SSSR count). The molecule has 1 amide bonds. The summed E-state index contributed by atoms with van der Waals surface area (Å²) in [6.45, 7) is 3.89. The molecule has 0 spiro atoms. The predicted octanol–water partition coefficient (Wildman–Crippen LogP) is 3.11. The molecule has 0 fully saturated rings. The van der Waals surface area contributed by atoms with Crippen molar-refractivity contribution >= 4 is 22.8 Å². The first-order chi connectivity index (χ1) is 11.0. The van der Waals surface area contributed by atoms with Crippen LogP contribution in [-0.2, 0) is 16.0 Å². The van der Waals surface area contributed by atoms with Crippen molar-refractivity contribution in [2.75, 3.05) is 0 Å². The first-order valence-electron chi connectivity index (χ1n) is 8.04. The number of aryl methyl sites for hydroxylation is 1. The Balaban J connectivity index is 1.83. The molecule has 0 saturated carbocycles. The molecule has 0 aliphatic rings. The van der Waals surface area contributed by atoms with Crippen LogP contribution in [0.3, 0.4) is 0 Å². The van der Waals surface area contributed by atoms with Crippen molar-refractivity contribution in [3.8, 4) is 0 Å². The van der Waals surface area contributed by atoms with E-state index in [0.717, 1.165) is 11.9 Å². The Morgan fingerprint density at radius 3 is 2.70 bits per heavy atom. The first kappa shape index (κ1) is 17.1. The smallest absolute Gasteiger partial charge is 0.326 e. The van der Waals surface area contributed by atoms with E-state index in [0.29, 0.717) is 19.3 Å². The van der Waals surface area contributed by atoms with Crippen molar-refractivity contribution in [1.29, 1.82) is 0 Å². The highest BCUT2D eigenvalue weighted by Crippen LogP contribution is 2.19. The number of benzene rings is 1. The van der Waals surface area contributed by atoms with Crippen molar-refractivity contribution in [2.45, 2.75) is 45.6 Å². The van der Waals surface area contributed by atoms with Gasteiger partial charge in [0.05, 0.1) is 0 Å². The van der Waals surface area contributed by atoms with Gasteiger partial charge >= 0.3 is 5.97 Å². The standard InChI is InChI=1S/C18H24N2O3/c1-12(2)10-16(18(22)23)20-17(21)9-5-6-13-11-19-15-8-4-3-7-14(13)15/h3-4,7-8,11-12,16,19H,5-6,9-10H2,1-2H3,(H,20,21)(H,22,23)/t16-/m0/s1. The minimum Gasteiger partial charge on any atom is -0.480 e. The first-order valence-corrected chi connectivity index (χ1v) is 8.04. The van der Waals surface area contributed by atoms with Crippen LogP contribution in [-0.4, -0.2) is 28.0 Å². The zero-order valence-corrected chi connectivity index (χ0v) is 13.6. The van der Waals surface area contributed by atoms with Gasteiger partial charge in [0, 0.05) is 23.5 Å². The number of para-hydroxylation sites is 1. The molecule has 5 heteroatoms. The van der Waals surface area contributed by atoms with Crippen LogP contribution in [0.2, 0.25) is 0 Å². The molecule has 1 heterocycles. The number of carbonyl (C=O) groups is 2. The van der Waals surface area contributed by atoms with Crippen LogP contribution in [0.1, 0.15) is 38.7 Å². The molecule has 0 radical (unpaired) electrons. The van der Waals surface area contributed by atoms with Gasteiger partial charge in [0.25, 0.3) is 0 Å². The second-order valence-electron chi connectivity index (χ2n) is 6.30. The van der Waals surface area contributed by atoms with Gasteiger partial charge in [-0.05, 0) is 36.8 Å². The molecular weight excluding hydrogens is 292 g/mol. The second-order valence-corrected chi connectivity index (χ2v) is 6.30. The molecule has 1 aromatic heterocycles. The Hall–Kier alpha value is -2.30. The van der Waals surface area contributed by atoms with E-state index >= 15 is 0 Å². The fourth-order valence-electron chi connectivity index (χ4n) is 2.74. The van der Waals surface area contributed by atoms with Crippen molar-refractivity contribution in [2.24, 2.45) is 5.92 Å². The number of carbonyl (C=O) groups excluding carboxylic acids is 1. The second kappa shape index (κ2) is 7.81. The number of amides is 1. The number of nitrogens with one attached hydrogen (secondary N) is 2. The third-order valence-corrected chi connectivity index (χ3v) is 3.87. The van der Waals surface area contributed by atoms with Gasteiger partial charge in [0.15, 0.2) is 0 Å². The maximum Gasteiger partial charge on any atom is 0.326 e. The number of carboxylic acids is 1. The molecule has 5 nitrogen and oxygen atoms in total. The predicted molar refractivity (Wildman–Crippen MR) is 90.3 cm³/mol. The summed E-state index contributed by atoms with van der Waals surface area (Å²) in [6, 6.07) is 7.27. The van der Waals surface area contributed by atoms with Crippen LogP contribution in [0.25, 0.3) is 10.9 Å². The van der Waals surface area contributed by atoms with E-state index in [-0.39, 0.29) is 11.8 Å². The zero-order chi connectivity index (χ0) is 16.8. The maximum absolute atomic E-state index is 11.9. The topological polar surface area (TPSA) is 82.2 Å². The number of rotatable bonds is 8. The number of fused-ring (bicyclic) bond motifs is 1. The molecule has 23 heavy (non-hydrogen) atoms. The van der Waals surface area contributed by atoms with E-state index < -0.39 is 12.0 Å². The third-order valence-electron chi connectivity index (χ3n) is 3.87. The Morgan fingerprint density at radius 2 is 2.00 bits per heavy atom. The van der Waals surface area contributed by atoms with E-state index in [4.69, 9.17) is 5.11 Å². The number of aromatic amines is 1. The van der Waals surface area contributed by atoms with Crippen LogP contribution < -0.4 is 5.32 Å². The molecule has 1 aromatic carbocycles. The molecule has 0 bridgehead atoms. The van der Waals surface area contributed by atoms with Crippen LogP contribution in [0.5, 0.6) is 0 Å². The fourth-order valence-corrected chi connectivity index (χ4v) is 2.74. The van der Waals surface area contributed by atoms with Gasteiger partial charge in [-0.2, -0.15) is 0 Å². The SMILES string of the molecule is CC(C)C[C@H](NC(=O)CCCc1c[nH]c2ccccc12)C(=O)O. The van der Waals surface area contributed by atoms with Gasteiger partial charge in [-0.3, -0.25) is 4.79 Å². The average molecular weight is 316 g/mol. The lowest BCUT2D eigenvalue weighted by atomic mass is 10.0. The number of carboxylic acid groups (broad SMARTS) is 1. The van der Waals surface area contributed by atoms with Crippen LogP contribution in [0.4, 0.5) is 0 Å². The van der Waals surface area contributed by atoms with E-state index in [1.165, 1.54) is 10.9 Å². The molecule has 0 unspecified atom stereocenters. The lowest BCUT2D eigenvalue weighted by Gasteiger charge is -2.16. The number of aromatic nitrogens is 1. The van der Waals surface area contributed by atoms with Crippen LogP contribution >= 0.6 is 0 Å². The largest absolute Gasteiger partial charge is 0.480 e. The van der Waals surface area contributed by atoms with E-state index in [1.54, 1.807) is 0 Å². The number of hydrogen-bond donors (Lipinski definition) is 3. The Morgan fingerprint density at radius 1 is 1.26 bits per heavy atom. The maximum atomic E-state index is 11.9. The molecule has 3 N–H and O–H groups in total. The molecule has 1 atom stereocenters. The van der Waals surface area contributed by atoms with Gasteiger partial charge in [0.2, 0.25) is 5.91 Å². The minimum atomic E-state index is -0.969. The van der Waals surface area contributed by atoms with Crippen molar-refractivity contribution in [3.63, 3.8) is 0 Å². The monoisotopic (exact) mass is 316 g/mol. The summed E-state index contributed by atoms with van der Waals surface area (Å²) in [5.41, 5.74) is 2.28. The van der Waals surface area contributed by atoms with E-state index in [2.05, 4.69) is 16.4 Å². The van der Waals surface area contributed by atoms with Crippen molar-refractivity contribution < 1.29 is 14.7 Å². The zero-order valence-electron chi connectivity index (χ0n) is 13.6. The Bertz CT molecular complexity index is 676. The highest BCUT2D eigenvalue weighted by Gasteiger charge is 2.20. The summed E-state index contributed by atoms with van der Waals surface area (Å²) in [7, 11) is 0. The molecule has 124 valence electrons. The number of hydrogen-bond acceptors (Lipinski definition) is 2. The number of H-pyrrole nitrogens is 1.